The third kappa shape index (κ3) is 15.3. The summed E-state index contributed by atoms with van der Waals surface area (Å²) in [5, 5.41) is 46.0. The van der Waals surface area contributed by atoms with E-state index in [1.165, 1.54) is 288 Å². The number of hydrogen-bond acceptors (Lipinski definition) is 0. The summed E-state index contributed by atoms with van der Waals surface area (Å²) in [4.78, 5) is 0. The molecule has 0 aliphatic heterocycles. The van der Waals surface area contributed by atoms with Crippen LogP contribution in [0.3, 0.4) is 0 Å². The van der Waals surface area contributed by atoms with Crippen LogP contribution in [0.5, 0.6) is 0 Å². The molecule has 730 valence electrons. The molecule has 0 saturated carbocycles. The fourth-order valence-corrected chi connectivity index (χ4v) is 42.4. The zero-order valence-corrected chi connectivity index (χ0v) is 96.9. The van der Waals surface area contributed by atoms with Gasteiger partial charge in [-0.05, 0) is 304 Å². The van der Waals surface area contributed by atoms with Crippen LogP contribution in [0.1, 0.15) is 91.5 Å². The minimum absolute atomic E-state index is 0.0414. The summed E-state index contributed by atoms with van der Waals surface area (Å²) >= 11 is 0. The topological polar surface area (TPSA) is 0 Å². The van der Waals surface area contributed by atoms with Gasteiger partial charge in [-0.25, -0.2) is 0 Å². The van der Waals surface area contributed by atoms with E-state index >= 15 is 0 Å². The molecular weight excluding hydrogens is 1870 g/mol. The molecule has 0 heterocycles. The van der Waals surface area contributed by atoms with Crippen LogP contribution in [0.15, 0.2) is 364 Å². The van der Waals surface area contributed by atoms with Gasteiger partial charge in [0.05, 0.1) is 48.4 Å². The van der Waals surface area contributed by atoms with E-state index in [-0.39, 0.29) is 10.8 Å². The van der Waals surface area contributed by atoms with Crippen molar-refractivity contribution in [1.82, 2.24) is 0 Å². The van der Waals surface area contributed by atoms with Crippen LogP contribution >= 0.6 is 0 Å². The molecule has 0 aromatic heterocycles. The summed E-state index contributed by atoms with van der Waals surface area (Å²) in [5.74, 6) is 0. The Bertz CT molecular complexity index is 9140. The first-order valence-corrected chi connectivity index (χ1v) is 74.2. The van der Waals surface area contributed by atoms with Crippen molar-refractivity contribution in [2.24, 2.45) is 0 Å². The Morgan fingerprint density at radius 1 is 0.162 bits per heavy atom. The zero-order chi connectivity index (χ0) is 103. The Morgan fingerprint density at radius 3 is 0.770 bits per heavy atom. The van der Waals surface area contributed by atoms with Crippen LogP contribution in [-0.4, -0.2) is 48.4 Å². The summed E-state index contributed by atoms with van der Waals surface area (Å²) in [6.45, 7) is 54.6. The molecule has 24 aromatic rings. The lowest BCUT2D eigenvalue weighted by atomic mass is 9.80. The average molecular weight is 2010 g/mol. The first-order chi connectivity index (χ1) is 71.1. The van der Waals surface area contributed by atoms with Gasteiger partial charge in [0.15, 0.2) is 0 Å². The van der Waals surface area contributed by atoms with Crippen molar-refractivity contribution in [3.8, 4) is 89.0 Å². The number of hydrogen-bond donors (Lipinski definition) is 0. The van der Waals surface area contributed by atoms with Gasteiger partial charge in [-0.15, -0.1) is 0 Å². The second-order valence-corrected chi connectivity index (χ2v) is 79.3. The molecule has 2 aliphatic rings. The average Bonchev–Trinajstić information content (AvgIpc) is 0.814. The van der Waals surface area contributed by atoms with Gasteiger partial charge >= 0.3 is 0 Å². The standard InChI is InChI=1S/C52H50Si2.C48H50Si2.C42H38Si2/c1-51(2)43-17-13-11-15-33(43)35-21-19-31(27-45(35)51)41-29-47(53(5,6)7)39-25-26-40-48(54(8,9)10)30-42(38-24-23-37(41)49(39)50(38)40)32-20-22-36-34-16-12-14-18-44(34)52(3,4)46(36)28-32;1-7-49(8-2,9-3)47-41-27-25-40-32-44(38-24-22-34-18-14-16-20-36(34)30-38)48(50(10-4,11-5)12-6)42-28-26-39(45(41)46(40)42)31-43(47)37-23-21-33-17-13-15-19-35(33)29-37;1-43(2,3)39-25-37(30-19-18-27-12-7-8-14-29(27)24-30)33-20-22-36-40(44(4,5)6)26-38(34-21-23-35(39)41(33)42(34)36)32-17-11-15-28-13-9-10-16-31(28)32/h11-30H,1-10H3;13-32H,7-12H2,1-6H3;7-26H,1-6H3. The van der Waals surface area contributed by atoms with Gasteiger partial charge in [0.2, 0.25) is 0 Å². The lowest BCUT2D eigenvalue weighted by molar-refractivity contribution is 0.660. The van der Waals surface area contributed by atoms with E-state index < -0.39 is 48.4 Å². The predicted molar refractivity (Wildman–Crippen MR) is 674 cm³/mol. The van der Waals surface area contributed by atoms with E-state index in [9.17, 15) is 0 Å². The molecule has 0 radical (unpaired) electrons. The lowest BCUT2D eigenvalue weighted by Gasteiger charge is -2.35. The number of benzene rings is 24. The monoisotopic (exact) mass is 2010 g/mol. The largest absolute Gasteiger partial charge is 0.0875 e. The van der Waals surface area contributed by atoms with Crippen LogP contribution in [0.4, 0.5) is 0 Å². The van der Waals surface area contributed by atoms with Crippen molar-refractivity contribution < 1.29 is 0 Å². The highest BCUT2D eigenvalue weighted by molar-refractivity contribution is 6.96. The lowest BCUT2D eigenvalue weighted by Crippen LogP contribution is -2.48. The highest BCUT2D eigenvalue weighted by atomic mass is 28.3. The second-order valence-electron chi connectivity index (χ2n) is 48.8. The summed E-state index contributed by atoms with van der Waals surface area (Å²) in [6.07, 6.45) is 0. The highest BCUT2D eigenvalue weighted by Crippen LogP contribution is 2.55. The van der Waals surface area contributed by atoms with Crippen molar-refractivity contribution in [1.29, 1.82) is 0 Å². The Labute approximate surface area is 882 Å². The number of rotatable bonds is 18. The molecule has 148 heavy (non-hydrogen) atoms. The highest BCUT2D eigenvalue weighted by Gasteiger charge is 2.42. The van der Waals surface area contributed by atoms with E-state index in [0.717, 1.165) is 0 Å². The minimum atomic E-state index is -1.83. The van der Waals surface area contributed by atoms with E-state index in [2.05, 4.69) is 512 Å². The van der Waals surface area contributed by atoms with Crippen LogP contribution in [-0.2, 0) is 10.8 Å². The fourth-order valence-electron chi connectivity index (χ4n) is 27.8. The third-order valence-corrected chi connectivity index (χ3v) is 55.5. The smallest absolute Gasteiger partial charge is 0.0675 e. The summed E-state index contributed by atoms with van der Waals surface area (Å²) in [6, 6.07) is 149. The quantitative estimate of drug-likeness (QED) is 0.0593. The zero-order valence-electron chi connectivity index (χ0n) is 90.9. The number of fused-ring (bicyclic) bond motifs is 10. The van der Waals surface area contributed by atoms with Crippen LogP contribution in [0, 0.1) is 0 Å². The fraction of sp³-hybridized carbons (Fsp3) is 0.211. The van der Waals surface area contributed by atoms with Gasteiger partial charge in [0.25, 0.3) is 0 Å². The van der Waals surface area contributed by atoms with Crippen molar-refractivity contribution >= 4 is 220 Å². The summed E-state index contributed by atoms with van der Waals surface area (Å²) in [5.41, 5.74) is 27.6. The van der Waals surface area contributed by atoms with Crippen LogP contribution in [0.25, 0.3) is 229 Å². The van der Waals surface area contributed by atoms with Crippen molar-refractivity contribution in [2.45, 2.75) is 195 Å². The summed E-state index contributed by atoms with van der Waals surface area (Å²) < 4.78 is 0. The molecule has 0 amide bonds. The normalized spacial score (nSPS) is 13.7. The molecule has 0 nitrogen and oxygen atoms in total. The molecule has 0 N–H and O–H groups in total. The van der Waals surface area contributed by atoms with Gasteiger partial charge in [0.1, 0.15) is 0 Å². The molecular formula is C142H138Si6. The molecule has 0 fully saturated rings. The predicted octanol–water partition coefficient (Wildman–Crippen LogP) is 38.6. The Kier molecular flexibility index (Phi) is 23.4. The maximum absolute atomic E-state index is 2.59. The minimum Gasteiger partial charge on any atom is -0.0675 e. The Balaban J connectivity index is 0.000000119. The van der Waals surface area contributed by atoms with Gasteiger partial charge in [-0.2, -0.15) is 0 Å². The van der Waals surface area contributed by atoms with E-state index in [4.69, 9.17) is 0 Å². The molecule has 0 atom stereocenters. The van der Waals surface area contributed by atoms with Gasteiger partial charge in [0, 0.05) is 10.8 Å². The first-order valence-electron chi connectivity index (χ1n) is 54.9. The molecule has 0 spiro atoms. The Morgan fingerprint density at radius 2 is 0.419 bits per heavy atom. The van der Waals surface area contributed by atoms with Gasteiger partial charge in [-0.1, -0.05) is 526 Å². The maximum atomic E-state index is 2.59. The molecule has 0 saturated heterocycles. The van der Waals surface area contributed by atoms with E-state index in [1.807, 2.05) is 0 Å². The Hall–Kier alpha value is -13.3. The van der Waals surface area contributed by atoms with Crippen molar-refractivity contribution in [3.05, 3.63) is 386 Å². The SMILES string of the molecule is CC1(C)c2ccccc2-c2ccc(-c3cc([Si](C)(C)C)c4ccc5c([Si](C)(C)C)cc(-c6ccc7c(c6)C(C)(C)c6ccccc6-7)c6ccc3c4c65)cc21.CC[Si](CC)(CC)c1c(-c2ccc3ccccc3c2)cc2ccc3c([Si](CC)(CC)CC)c(-c4ccc5ccccc5c4)cc4ccc1c2c43.C[Si](C)(C)c1cc(-c2ccc3ccccc3c2)c2ccc3c([Si](C)(C)C)cc(-c4cccc5ccccc45)c4ccc1c2c43. The van der Waals surface area contributed by atoms with Crippen molar-refractivity contribution in [3.63, 3.8) is 0 Å². The third-order valence-electron chi connectivity index (χ3n) is 36.1. The molecule has 0 bridgehead atoms. The molecule has 2 aliphatic carbocycles. The van der Waals surface area contributed by atoms with Crippen LogP contribution < -0.4 is 31.1 Å². The first kappa shape index (κ1) is 96.9. The molecule has 0 unspecified atom stereocenters. The van der Waals surface area contributed by atoms with E-state index in [1.54, 1.807) is 31.1 Å². The van der Waals surface area contributed by atoms with Gasteiger partial charge in [-0.3, -0.25) is 0 Å². The molecule has 6 heteroatoms. The van der Waals surface area contributed by atoms with Crippen LogP contribution in [0.2, 0.25) is 115 Å². The van der Waals surface area contributed by atoms with E-state index in [0.29, 0.717) is 0 Å². The van der Waals surface area contributed by atoms with Gasteiger partial charge < -0.3 is 0 Å². The molecule has 26 rings (SSSR count). The molecule has 24 aromatic carbocycles. The second kappa shape index (κ2) is 35.8. The summed E-state index contributed by atoms with van der Waals surface area (Å²) in [7, 11) is -10.6. The maximum Gasteiger partial charge on any atom is 0.0875 e. The van der Waals surface area contributed by atoms with Crippen molar-refractivity contribution in [2.75, 3.05) is 0 Å².